The molecule has 0 unspecified atom stereocenters. The molecule has 0 radical (unpaired) electrons. The van der Waals surface area contributed by atoms with Crippen LogP contribution in [0.4, 0.5) is 20.3 Å². The zero-order chi connectivity index (χ0) is 16.8. The van der Waals surface area contributed by atoms with Crippen LogP contribution in [-0.2, 0) is 13.1 Å². The topological polar surface area (TPSA) is 37.0 Å². The summed E-state index contributed by atoms with van der Waals surface area (Å²) in [6.07, 6.45) is 1.66. The van der Waals surface area contributed by atoms with Gasteiger partial charge in [-0.3, -0.25) is 0 Å². The number of benzene rings is 2. The number of rotatable bonds is 6. The van der Waals surface area contributed by atoms with E-state index in [2.05, 4.69) is 15.6 Å². The average molecular weight is 325 g/mol. The fourth-order valence-electron chi connectivity index (χ4n) is 2.27. The molecule has 3 aromatic rings. The standard InChI is InChI=1S/C19H17F2N3/c20-17-7-3-1-5-14(17)11-22-16-9-10-19(24-13-16)23-12-15-6-2-4-8-18(15)21/h1-10,13,22H,11-12H2,(H,23,24). The van der Waals surface area contributed by atoms with Crippen LogP contribution in [0.5, 0.6) is 0 Å². The third-order valence-corrected chi connectivity index (χ3v) is 3.62. The van der Waals surface area contributed by atoms with Gasteiger partial charge in [-0.15, -0.1) is 0 Å². The third-order valence-electron chi connectivity index (χ3n) is 3.62. The SMILES string of the molecule is Fc1ccccc1CNc1ccc(NCc2ccccc2F)nc1. The van der Waals surface area contributed by atoms with Gasteiger partial charge in [-0.2, -0.15) is 0 Å². The molecule has 24 heavy (non-hydrogen) atoms. The molecule has 1 heterocycles. The third kappa shape index (κ3) is 4.07. The van der Waals surface area contributed by atoms with Gasteiger partial charge in [-0.05, 0) is 24.3 Å². The van der Waals surface area contributed by atoms with E-state index in [1.54, 1.807) is 48.7 Å². The van der Waals surface area contributed by atoms with Gasteiger partial charge in [-0.1, -0.05) is 36.4 Å². The highest BCUT2D eigenvalue weighted by Gasteiger charge is 2.02. The molecule has 0 aliphatic carbocycles. The minimum atomic E-state index is -0.242. The summed E-state index contributed by atoms with van der Waals surface area (Å²) in [5.74, 6) is 0.170. The van der Waals surface area contributed by atoms with Crippen LogP contribution in [0.2, 0.25) is 0 Å². The number of halogens is 2. The molecule has 2 aromatic carbocycles. The molecule has 0 saturated heterocycles. The minimum Gasteiger partial charge on any atom is -0.380 e. The van der Waals surface area contributed by atoms with Crippen molar-refractivity contribution in [1.29, 1.82) is 0 Å². The molecule has 0 fully saturated rings. The van der Waals surface area contributed by atoms with Crippen molar-refractivity contribution in [3.8, 4) is 0 Å². The van der Waals surface area contributed by atoms with E-state index in [1.807, 2.05) is 6.07 Å². The van der Waals surface area contributed by atoms with Crippen LogP contribution in [-0.4, -0.2) is 4.98 Å². The Bertz CT molecular complexity index is 735. The van der Waals surface area contributed by atoms with Gasteiger partial charge in [-0.25, -0.2) is 13.8 Å². The fourth-order valence-corrected chi connectivity index (χ4v) is 2.27. The van der Waals surface area contributed by atoms with Crippen molar-refractivity contribution < 1.29 is 8.78 Å². The molecule has 0 saturated carbocycles. The first-order valence-corrected chi connectivity index (χ1v) is 7.63. The molecular weight excluding hydrogens is 308 g/mol. The smallest absolute Gasteiger partial charge is 0.128 e. The Balaban J connectivity index is 1.55. The Morgan fingerprint density at radius 2 is 1.29 bits per heavy atom. The highest BCUT2D eigenvalue weighted by molar-refractivity contribution is 5.48. The maximum Gasteiger partial charge on any atom is 0.128 e. The van der Waals surface area contributed by atoms with Gasteiger partial charge in [0.2, 0.25) is 0 Å². The van der Waals surface area contributed by atoms with Crippen LogP contribution in [0.3, 0.4) is 0 Å². The molecule has 3 rings (SSSR count). The molecule has 122 valence electrons. The van der Waals surface area contributed by atoms with Crippen molar-refractivity contribution in [3.05, 3.63) is 89.6 Å². The Labute approximate surface area is 139 Å². The number of pyridine rings is 1. The molecule has 0 aliphatic heterocycles. The van der Waals surface area contributed by atoms with E-state index >= 15 is 0 Å². The van der Waals surface area contributed by atoms with Crippen LogP contribution in [0, 0.1) is 11.6 Å². The van der Waals surface area contributed by atoms with Gasteiger partial charge < -0.3 is 10.6 Å². The molecule has 0 aliphatic rings. The lowest BCUT2D eigenvalue weighted by Gasteiger charge is -2.09. The summed E-state index contributed by atoms with van der Waals surface area (Å²) in [6, 6.07) is 16.9. The molecule has 0 bridgehead atoms. The van der Waals surface area contributed by atoms with Crippen molar-refractivity contribution in [2.24, 2.45) is 0 Å². The zero-order valence-electron chi connectivity index (χ0n) is 13.0. The summed E-state index contributed by atoms with van der Waals surface area (Å²) in [6.45, 7) is 0.748. The van der Waals surface area contributed by atoms with E-state index in [4.69, 9.17) is 0 Å². The van der Waals surface area contributed by atoms with Crippen LogP contribution < -0.4 is 10.6 Å². The quantitative estimate of drug-likeness (QED) is 0.696. The molecule has 1 aromatic heterocycles. The second-order valence-electron chi connectivity index (χ2n) is 5.32. The van der Waals surface area contributed by atoms with Crippen molar-refractivity contribution >= 4 is 11.5 Å². The van der Waals surface area contributed by atoms with Gasteiger partial charge in [0.1, 0.15) is 17.5 Å². The van der Waals surface area contributed by atoms with Crippen molar-refractivity contribution in [3.63, 3.8) is 0 Å². The Hall–Kier alpha value is -2.95. The lowest BCUT2D eigenvalue weighted by molar-refractivity contribution is 0.612. The minimum absolute atomic E-state index is 0.235. The number of aromatic nitrogens is 1. The summed E-state index contributed by atoms with van der Waals surface area (Å²) < 4.78 is 27.1. The van der Waals surface area contributed by atoms with Crippen LogP contribution in [0.25, 0.3) is 0 Å². The number of nitrogens with one attached hydrogen (secondary N) is 2. The molecule has 2 N–H and O–H groups in total. The van der Waals surface area contributed by atoms with Gasteiger partial charge in [0.05, 0.1) is 11.9 Å². The predicted molar refractivity (Wildman–Crippen MR) is 91.7 cm³/mol. The Morgan fingerprint density at radius 3 is 1.83 bits per heavy atom. The highest BCUT2D eigenvalue weighted by Crippen LogP contribution is 2.14. The van der Waals surface area contributed by atoms with E-state index in [0.29, 0.717) is 30.0 Å². The van der Waals surface area contributed by atoms with Gasteiger partial charge in [0, 0.05) is 24.2 Å². The first-order chi connectivity index (χ1) is 11.7. The van der Waals surface area contributed by atoms with Crippen molar-refractivity contribution in [2.45, 2.75) is 13.1 Å². The first kappa shape index (κ1) is 15.9. The first-order valence-electron chi connectivity index (χ1n) is 7.63. The van der Waals surface area contributed by atoms with E-state index < -0.39 is 0 Å². The van der Waals surface area contributed by atoms with Crippen LogP contribution in [0.1, 0.15) is 11.1 Å². The van der Waals surface area contributed by atoms with E-state index in [-0.39, 0.29) is 11.6 Å². The molecule has 0 atom stereocenters. The van der Waals surface area contributed by atoms with Gasteiger partial charge >= 0.3 is 0 Å². The summed E-state index contributed by atoms with van der Waals surface area (Å²) >= 11 is 0. The van der Waals surface area contributed by atoms with Gasteiger partial charge in [0.25, 0.3) is 0 Å². The van der Waals surface area contributed by atoms with Crippen LogP contribution >= 0.6 is 0 Å². The van der Waals surface area contributed by atoms with Crippen molar-refractivity contribution in [1.82, 2.24) is 4.98 Å². The Morgan fingerprint density at radius 1 is 0.708 bits per heavy atom. The summed E-state index contributed by atoms with van der Waals surface area (Å²) in [7, 11) is 0. The van der Waals surface area contributed by atoms with Crippen LogP contribution in [0.15, 0.2) is 66.9 Å². The average Bonchev–Trinajstić information content (AvgIpc) is 2.61. The molecule has 0 amide bonds. The van der Waals surface area contributed by atoms with E-state index in [0.717, 1.165) is 5.69 Å². The zero-order valence-corrected chi connectivity index (χ0v) is 13.0. The maximum atomic E-state index is 13.6. The lowest BCUT2D eigenvalue weighted by Crippen LogP contribution is -2.05. The van der Waals surface area contributed by atoms with E-state index in [9.17, 15) is 8.78 Å². The number of nitrogens with zero attached hydrogens (tertiary/aromatic N) is 1. The Kier molecular flexibility index (Phi) is 5.01. The highest BCUT2D eigenvalue weighted by atomic mass is 19.1. The molecular formula is C19H17F2N3. The summed E-state index contributed by atoms with van der Waals surface area (Å²) in [5.41, 5.74) is 1.97. The largest absolute Gasteiger partial charge is 0.380 e. The molecule has 3 nitrogen and oxygen atoms in total. The summed E-state index contributed by atoms with van der Waals surface area (Å²) in [5, 5.41) is 6.19. The lowest BCUT2D eigenvalue weighted by atomic mass is 10.2. The monoisotopic (exact) mass is 325 g/mol. The second-order valence-corrected chi connectivity index (χ2v) is 5.32. The fraction of sp³-hybridized carbons (Fsp3) is 0.105. The summed E-state index contributed by atoms with van der Waals surface area (Å²) in [4.78, 5) is 4.27. The number of hydrogen-bond donors (Lipinski definition) is 2. The number of anilines is 2. The van der Waals surface area contributed by atoms with Gasteiger partial charge in [0.15, 0.2) is 0 Å². The van der Waals surface area contributed by atoms with Crippen molar-refractivity contribution in [2.75, 3.05) is 10.6 Å². The normalized spacial score (nSPS) is 10.4. The predicted octanol–water partition coefficient (Wildman–Crippen LogP) is 4.58. The maximum absolute atomic E-state index is 13.6. The molecule has 0 spiro atoms. The second kappa shape index (κ2) is 7.55. The van der Waals surface area contributed by atoms with E-state index in [1.165, 1.54) is 12.1 Å². The number of hydrogen-bond acceptors (Lipinski definition) is 3. The molecule has 5 heteroatoms.